The van der Waals surface area contributed by atoms with E-state index >= 15 is 0 Å². The van der Waals surface area contributed by atoms with Gasteiger partial charge in [-0.25, -0.2) is 52.7 Å². The quantitative estimate of drug-likeness (QED) is 0.00870. The van der Waals surface area contributed by atoms with Crippen LogP contribution < -0.4 is 0 Å². The first-order valence-electron chi connectivity index (χ1n) is 31.0. The van der Waals surface area contributed by atoms with Gasteiger partial charge < -0.3 is 122 Å². The molecule has 0 amide bonds. The van der Waals surface area contributed by atoms with Crippen LogP contribution in [-0.4, -0.2) is 261 Å². The van der Waals surface area contributed by atoms with E-state index in [9.17, 15) is 57.5 Å². The normalized spacial score (nSPS) is 14.2. The predicted octanol–water partition coefficient (Wildman–Crippen LogP) is 2.03. The summed E-state index contributed by atoms with van der Waals surface area (Å²) in [5.41, 5.74) is 1.12. The number of cyclic esters (lactones) is 4. The molecule has 3 saturated heterocycles. The van der Waals surface area contributed by atoms with Crippen molar-refractivity contribution in [2.24, 2.45) is 0 Å². The molecule has 1 aromatic carbocycles. The van der Waals surface area contributed by atoms with Crippen LogP contribution in [0.3, 0.4) is 0 Å². The van der Waals surface area contributed by atoms with Crippen molar-refractivity contribution >= 4 is 71.6 Å². The molecule has 5 aliphatic heterocycles. The molecule has 5 aliphatic rings. The molecule has 106 heavy (non-hydrogen) atoms. The number of rotatable bonds is 38. The summed E-state index contributed by atoms with van der Waals surface area (Å²) in [7, 11) is 0. The van der Waals surface area contributed by atoms with Gasteiger partial charge in [0.1, 0.15) is 77.8 Å². The average Bonchev–Trinajstić information content (AvgIpc) is 1.81. The fourth-order valence-electron chi connectivity index (χ4n) is 4.77. The molecule has 0 radical (unpaired) electrons. The van der Waals surface area contributed by atoms with Crippen LogP contribution in [0, 0.1) is 0 Å². The average molecular weight is 1520 g/mol. The number of aliphatic carboxylic acids is 2. The molecule has 3 unspecified atom stereocenters. The van der Waals surface area contributed by atoms with E-state index in [1.807, 2.05) is 6.92 Å². The number of carboxylic acids is 3. The molecule has 594 valence electrons. The second-order valence-electron chi connectivity index (χ2n) is 18.9. The molecular weight excluding hydrogens is 1420 g/mol. The molecule has 0 aliphatic carbocycles. The van der Waals surface area contributed by atoms with Gasteiger partial charge in [0.05, 0.1) is 115 Å². The molecule has 0 saturated carbocycles. The lowest BCUT2D eigenvalue weighted by atomic mass is 10.1. The first kappa shape index (κ1) is 103. The van der Waals surface area contributed by atoms with Gasteiger partial charge in [-0.1, -0.05) is 51.6 Å². The maximum atomic E-state index is 11.3. The predicted molar refractivity (Wildman–Crippen MR) is 367 cm³/mol. The number of esters is 9. The Morgan fingerprint density at radius 2 is 0.840 bits per heavy atom. The summed E-state index contributed by atoms with van der Waals surface area (Å²) in [4.78, 5) is 125. The molecule has 37 heteroatoms. The fraction of sp³-hybridized carbons (Fsp3) is 0.420. The Labute approximate surface area is 611 Å². The number of allylic oxidation sites excluding steroid dienone is 2. The molecule has 0 aromatic heterocycles. The van der Waals surface area contributed by atoms with E-state index in [4.69, 9.17) is 88.6 Å². The number of carbonyl (C=O) groups is 12. The molecule has 6 rings (SSSR count). The summed E-state index contributed by atoms with van der Waals surface area (Å²) in [5, 5.41) is 74.2. The number of ether oxygens (including phenoxy) is 16. The van der Waals surface area contributed by atoms with Gasteiger partial charge in [-0.3, -0.25) is 4.79 Å². The number of carbonyl (C=O) groups excluding carboxylic acids is 9. The monoisotopic (exact) mass is 1520 g/mol. The number of aromatic carboxylic acids is 1. The van der Waals surface area contributed by atoms with Crippen molar-refractivity contribution < 1.29 is 179 Å². The van der Waals surface area contributed by atoms with Gasteiger partial charge >= 0.3 is 71.6 Å². The number of benzene rings is 1. The number of unbranched alkanes of at least 4 members (excludes halogenated alkanes) is 1. The highest BCUT2D eigenvalue weighted by molar-refractivity contribution is 6.08. The highest BCUT2D eigenvalue weighted by atomic mass is 16.6. The van der Waals surface area contributed by atoms with Crippen LogP contribution >= 0.6 is 0 Å². The van der Waals surface area contributed by atoms with Crippen LogP contribution in [0.5, 0.6) is 0 Å². The molecule has 5 heterocycles. The summed E-state index contributed by atoms with van der Waals surface area (Å²) in [6, 6.07) is 5.84. The van der Waals surface area contributed by atoms with Gasteiger partial charge in [-0.15, -0.1) is 0 Å². The first-order valence-corrected chi connectivity index (χ1v) is 31.0. The summed E-state index contributed by atoms with van der Waals surface area (Å²) >= 11 is 0. The molecule has 9 N–H and O–H groups in total. The van der Waals surface area contributed by atoms with E-state index in [1.54, 1.807) is 6.92 Å². The lowest BCUT2D eigenvalue weighted by molar-refractivity contribution is -0.152. The number of hydrogen-bond donors (Lipinski definition) is 9. The standard InChI is InChI=1S/C14H14O7.C9H12O6.C6H8O5.C6H10O2.C6H12O2.C5H4O3.C5H8O3.C5H8O2.C5H10O2.C4H2O3.C4H8O2/c15-7-8-20-12(16)5-6-13(17)21-9-10-1-3-11(4-2-10)14(18)19;10-3-4-13-8(11)1-2-9(12)15-6-7-5-14-7;7-3-4-11-6(10)2-1-5(8)9;1-5(2)7-3-6-4-8-6;1-2-8-6-4-3-5-7;1-3-2-4(6)8-5(3)7;1-2-8-4-3-5(6)7;1-2-6-3-5-4-7-5;1-5(2)7-4-3-6;5-3-1-2-4(6)7-3;1-2-6-4-3-5/h1-6,15H,7-9H2,(H,18,19);1-2,7,10H,3-6H2;1-2,7H,3-4H2,(H,8,9);6H,1,3-4H2,2H3;2,7H,1,3-6H2;2H,1H3;2H,1,3-4H2,(H,6,7);2,5H,1,3-4H2;6H,1,3-4H2,2H3;1-2H;2,5H,1,3-4H2. The molecular formula is C69H96O37. The number of aliphatic hydroxyl groups is 6. The number of aliphatic hydroxyl groups excluding tert-OH is 6. The third-order valence-electron chi connectivity index (χ3n) is 9.71. The Kier molecular flexibility index (Phi) is 71.8. The zero-order valence-corrected chi connectivity index (χ0v) is 59.0. The minimum Gasteiger partial charge on any atom is -0.502 e. The van der Waals surface area contributed by atoms with Crippen LogP contribution in [-0.2, 0) is 135 Å². The van der Waals surface area contributed by atoms with Gasteiger partial charge in [-0.05, 0) is 51.3 Å². The lowest BCUT2D eigenvalue weighted by Crippen LogP contribution is -2.09. The van der Waals surface area contributed by atoms with E-state index in [-0.39, 0.29) is 97.4 Å². The number of hydrogen-bond acceptors (Lipinski definition) is 34. The molecule has 3 atom stereocenters. The van der Waals surface area contributed by atoms with Gasteiger partial charge in [0.15, 0.2) is 0 Å². The van der Waals surface area contributed by atoms with Crippen LogP contribution in [0.4, 0.5) is 0 Å². The molecule has 37 nitrogen and oxygen atoms in total. The molecule has 0 spiro atoms. The molecule has 0 bridgehead atoms. The lowest BCUT2D eigenvalue weighted by Gasteiger charge is -2.03. The molecule has 3 fully saturated rings. The molecule has 1 aromatic rings. The fourth-order valence-corrected chi connectivity index (χ4v) is 4.77. The highest BCUT2D eigenvalue weighted by Crippen LogP contribution is 2.11. The maximum Gasteiger partial charge on any atom is 0.341 e. The van der Waals surface area contributed by atoms with Crippen molar-refractivity contribution in [3.63, 3.8) is 0 Å². The van der Waals surface area contributed by atoms with Gasteiger partial charge in [0.2, 0.25) is 0 Å². The van der Waals surface area contributed by atoms with Crippen LogP contribution in [0.25, 0.3) is 0 Å². The van der Waals surface area contributed by atoms with Crippen molar-refractivity contribution in [1.29, 1.82) is 0 Å². The van der Waals surface area contributed by atoms with Gasteiger partial charge in [-0.2, -0.15) is 0 Å². The Morgan fingerprint density at radius 3 is 1.15 bits per heavy atom. The third-order valence-corrected chi connectivity index (χ3v) is 9.71. The Bertz CT molecular complexity index is 2900. The minimum absolute atomic E-state index is 0.00342. The van der Waals surface area contributed by atoms with E-state index in [0.29, 0.717) is 74.8 Å². The van der Waals surface area contributed by atoms with Crippen LogP contribution in [0.1, 0.15) is 56.0 Å². The third kappa shape index (κ3) is 85.3. The minimum atomic E-state index is -1.22. The Hall–Kier alpha value is -11.2. The van der Waals surface area contributed by atoms with Gasteiger partial charge in [0, 0.05) is 66.9 Å². The van der Waals surface area contributed by atoms with Crippen molar-refractivity contribution in [3.05, 3.63) is 172 Å². The highest BCUT2D eigenvalue weighted by Gasteiger charge is 2.24. The van der Waals surface area contributed by atoms with E-state index < -0.39 is 71.6 Å². The summed E-state index contributed by atoms with van der Waals surface area (Å²) in [6.07, 6.45) is 16.4. The van der Waals surface area contributed by atoms with Gasteiger partial charge in [0.25, 0.3) is 0 Å². The summed E-state index contributed by atoms with van der Waals surface area (Å²) < 4.78 is 73.9. The van der Waals surface area contributed by atoms with Crippen molar-refractivity contribution in [1.82, 2.24) is 0 Å². The van der Waals surface area contributed by atoms with E-state index in [0.717, 1.165) is 74.3 Å². The number of carboxylic acid groups (broad SMARTS) is 3. The zero-order chi connectivity index (χ0) is 81.1. The van der Waals surface area contributed by atoms with E-state index in [2.05, 4.69) is 72.6 Å². The second kappa shape index (κ2) is 73.6. The van der Waals surface area contributed by atoms with Crippen LogP contribution in [0.2, 0.25) is 0 Å². The summed E-state index contributed by atoms with van der Waals surface area (Å²) in [6.45, 7) is 30.0. The summed E-state index contributed by atoms with van der Waals surface area (Å²) in [5.74, 6) is -7.53. The topological polar surface area (TPSA) is 544 Å². The van der Waals surface area contributed by atoms with Crippen LogP contribution in [0.15, 0.2) is 161 Å². The van der Waals surface area contributed by atoms with Crippen molar-refractivity contribution in [2.45, 2.75) is 65.0 Å². The van der Waals surface area contributed by atoms with E-state index in [1.165, 1.54) is 62.3 Å². The van der Waals surface area contributed by atoms with Crippen molar-refractivity contribution in [3.8, 4) is 0 Å². The second-order valence-corrected chi connectivity index (χ2v) is 18.9. The first-order chi connectivity index (χ1) is 50.5. The zero-order valence-electron chi connectivity index (χ0n) is 59.0. The largest absolute Gasteiger partial charge is 0.502 e. The Morgan fingerprint density at radius 1 is 0.453 bits per heavy atom. The Balaban J connectivity index is -0.000000362. The number of epoxide rings is 3. The SMILES string of the molecule is C=C(C)OCC1CO1.C=C(C)OCCO.C=COCC1CO1.C=COCCC(=O)O.C=COCCCCO.C=COCCO.CC1=CC(=O)OC1=O.O=C(C=CC(=O)OCC1CO1)OCCO.O=C(C=CC(=O)OCc1ccc(C(=O)O)cc1)OCCO.O=C(O)C=CC(=O)OCCO.O=C1C=CC(=O)O1. The maximum absolute atomic E-state index is 11.3. The van der Waals surface area contributed by atoms with Crippen molar-refractivity contribution in [2.75, 3.05) is 126 Å². The smallest absolute Gasteiger partial charge is 0.341 e.